The van der Waals surface area contributed by atoms with Crippen LogP contribution in [0.5, 0.6) is 0 Å². The zero-order chi connectivity index (χ0) is 10.1. The van der Waals surface area contributed by atoms with Crippen LogP contribution in [-0.4, -0.2) is 20.5 Å². The minimum absolute atomic E-state index is 0.0210. The first-order valence-electron chi connectivity index (χ1n) is 4.32. The number of hydrogen-bond donors (Lipinski definition) is 1. The average Bonchev–Trinajstić information content (AvgIpc) is 2.45. The molecule has 4 nitrogen and oxygen atoms in total. The maximum atomic E-state index is 10.6. The van der Waals surface area contributed by atoms with Crippen molar-refractivity contribution in [2.24, 2.45) is 0 Å². The minimum atomic E-state index is -0.830. The third-order valence-corrected chi connectivity index (χ3v) is 2.03. The molecule has 2 heterocycles. The van der Waals surface area contributed by atoms with Crippen LogP contribution >= 0.6 is 0 Å². The number of carboxylic acids is 1. The Hall–Kier alpha value is -1.84. The summed E-state index contributed by atoms with van der Waals surface area (Å²) in [6, 6.07) is 5.47. The van der Waals surface area contributed by atoms with Crippen molar-refractivity contribution in [3.63, 3.8) is 0 Å². The molecule has 14 heavy (non-hydrogen) atoms. The fourth-order valence-corrected chi connectivity index (χ4v) is 1.49. The third-order valence-electron chi connectivity index (χ3n) is 2.03. The van der Waals surface area contributed by atoms with Crippen LogP contribution in [0.15, 0.2) is 24.4 Å². The van der Waals surface area contributed by atoms with E-state index in [0.717, 1.165) is 17.0 Å². The van der Waals surface area contributed by atoms with Gasteiger partial charge in [0.2, 0.25) is 0 Å². The molecule has 0 fully saturated rings. The van der Waals surface area contributed by atoms with Crippen molar-refractivity contribution in [1.82, 2.24) is 9.38 Å². The number of imidazole rings is 1. The first-order valence-corrected chi connectivity index (χ1v) is 4.32. The first kappa shape index (κ1) is 8.74. The monoisotopic (exact) mass is 190 g/mol. The molecule has 1 N–H and O–H groups in total. The largest absolute Gasteiger partial charge is 0.481 e. The predicted molar refractivity (Wildman–Crippen MR) is 51.3 cm³/mol. The topological polar surface area (TPSA) is 54.6 Å². The SMILES string of the molecule is Cc1cn2c(CC(=O)O)cccc2n1. The molecule has 0 bridgehead atoms. The standard InChI is InChI=1S/C10H10N2O2/c1-7-6-12-8(5-10(13)14)3-2-4-9(12)11-7/h2-4,6H,5H2,1H3,(H,13,14). The van der Waals surface area contributed by atoms with Crippen LogP contribution in [0.4, 0.5) is 0 Å². The Kier molecular flexibility index (Phi) is 1.96. The third kappa shape index (κ3) is 1.46. The molecule has 0 amide bonds. The molecule has 2 aromatic heterocycles. The lowest BCUT2D eigenvalue weighted by molar-refractivity contribution is -0.136. The van der Waals surface area contributed by atoms with E-state index in [9.17, 15) is 4.79 Å². The first-order chi connectivity index (χ1) is 6.66. The number of nitrogens with zero attached hydrogens (tertiary/aromatic N) is 2. The lowest BCUT2D eigenvalue weighted by atomic mass is 10.2. The summed E-state index contributed by atoms with van der Waals surface area (Å²) >= 11 is 0. The number of pyridine rings is 1. The Balaban J connectivity index is 2.58. The zero-order valence-corrected chi connectivity index (χ0v) is 7.77. The molecule has 4 heteroatoms. The van der Waals surface area contributed by atoms with Crippen LogP contribution in [0, 0.1) is 6.92 Å². The fraction of sp³-hybridized carbons (Fsp3) is 0.200. The molecule has 0 aromatic carbocycles. The van der Waals surface area contributed by atoms with Crippen LogP contribution in [0.3, 0.4) is 0 Å². The molecular formula is C10H10N2O2. The van der Waals surface area contributed by atoms with Gasteiger partial charge in [-0.2, -0.15) is 0 Å². The van der Waals surface area contributed by atoms with Crippen LogP contribution < -0.4 is 0 Å². The summed E-state index contributed by atoms with van der Waals surface area (Å²) in [6.45, 7) is 1.89. The van der Waals surface area contributed by atoms with E-state index in [-0.39, 0.29) is 6.42 Å². The maximum absolute atomic E-state index is 10.6. The van der Waals surface area contributed by atoms with Crippen molar-refractivity contribution in [3.8, 4) is 0 Å². The summed E-state index contributed by atoms with van der Waals surface area (Å²) in [5, 5.41) is 8.70. The second kappa shape index (κ2) is 3.14. The number of hydrogen-bond acceptors (Lipinski definition) is 2. The normalized spacial score (nSPS) is 10.6. The summed E-state index contributed by atoms with van der Waals surface area (Å²) in [5.41, 5.74) is 2.43. The Labute approximate surface area is 80.8 Å². The molecule has 0 atom stereocenters. The van der Waals surface area contributed by atoms with Gasteiger partial charge >= 0.3 is 5.97 Å². The van der Waals surface area contributed by atoms with Gasteiger partial charge in [-0.25, -0.2) is 4.98 Å². The van der Waals surface area contributed by atoms with E-state index >= 15 is 0 Å². The summed E-state index contributed by atoms with van der Waals surface area (Å²) in [7, 11) is 0. The average molecular weight is 190 g/mol. The number of rotatable bonds is 2. The summed E-state index contributed by atoms with van der Waals surface area (Å²) in [4.78, 5) is 14.8. The fourth-order valence-electron chi connectivity index (χ4n) is 1.49. The van der Waals surface area contributed by atoms with Crippen molar-refractivity contribution < 1.29 is 9.90 Å². The molecule has 0 saturated carbocycles. The molecule has 0 radical (unpaired) electrons. The highest BCUT2D eigenvalue weighted by Crippen LogP contribution is 2.08. The van der Waals surface area contributed by atoms with Gasteiger partial charge in [-0.15, -0.1) is 0 Å². The zero-order valence-electron chi connectivity index (χ0n) is 7.77. The molecule has 0 saturated heterocycles. The van der Waals surface area contributed by atoms with Gasteiger partial charge in [-0.1, -0.05) is 6.07 Å². The van der Waals surface area contributed by atoms with Gasteiger partial charge in [0.1, 0.15) is 5.65 Å². The molecule has 0 spiro atoms. The van der Waals surface area contributed by atoms with Crippen molar-refractivity contribution in [2.45, 2.75) is 13.3 Å². The summed E-state index contributed by atoms with van der Waals surface area (Å²) in [5.74, 6) is -0.830. The lowest BCUT2D eigenvalue weighted by Crippen LogP contribution is -2.04. The van der Waals surface area contributed by atoms with Gasteiger partial charge in [0.05, 0.1) is 12.1 Å². The van der Waals surface area contributed by atoms with Crippen molar-refractivity contribution in [2.75, 3.05) is 0 Å². The maximum Gasteiger partial charge on any atom is 0.309 e. The van der Waals surface area contributed by atoms with Gasteiger partial charge in [-0.05, 0) is 19.1 Å². The van der Waals surface area contributed by atoms with E-state index < -0.39 is 5.97 Å². The molecule has 2 rings (SSSR count). The Bertz CT molecular complexity index is 488. The van der Waals surface area contributed by atoms with E-state index in [4.69, 9.17) is 5.11 Å². The Morgan fingerprint density at radius 2 is 2.36 bits per heavy atom. The summed E-state index contributed by atoms with van der Waals surface area (Å²) in [6.07, 6.45) is 1.86. The Morgan fingerprint density at radius 3 is 3.07 bits per heavy atom. The van der Waals surface area contributed by atoms with Gasteiger partial charge in [0, 0.05) is 11.9 Å². The van der Waals surface area contributed by atoms with E-state index in [2.05, 4.69) is 4.98 Å². The van der Waals surface area contributed by atoms with E-state index in [0.29, 0.717) is 0 Å². The number of aryl methyl sites for hydroxylation is 1. The van der Waals surface area contributed by atoms with Crippen LogP contribution in [0.2, 0.25) is 0 Å². The molecule has 0 aliphatic rings. The number of aromatic nitrogens is 2. The van der Waals surface area contributed by atoms with Crippen LogP contribution in [0.1, 0.15) is 11.4 Å². The molecule has 2 aromatic rings. The molecule has 0 aliphatic carbocycles. The quantitative estimate of drug-likeness (QED) is 0.775. The van der Waals surface area contributed by atoms with Gasteiger partial charge in [-0.3, -0.25) is 4.79 Å². The Morgan fingerprint density at radius 1 is 1.57 bits per heavy atom. The van der Waals surface area contributed by atoms with E-state index in [1.54, 1.807) is 6.07 Å². The van der Waals surface area contributed by atoms with E-state index in [1.165, 1.54) is 0 Å². The highest BCUT2D eigenvalue weighted by molar-refractivity contribution is 5.70. The number of aliphatic carboxylic acids is 1. The number of carboxylic acid groups (broad SMARTS) is 1. The highest BCUT2D eigenvalue weighted by atomic mass is 16.4. The minimum Gasteiger partial charge on any atom is -0.481 e. The van der Waals surface area contributed by atoms with E-state index in [1.807, 2.05) is 29.7 Å². The van der Waals surface area contributed by atoms with Crippen molar-refractivity contribution >= 4 is 11.6 Å². The van der Waals surface area contributed by atoms with Crippen molar-refractivity contribution in [3.05, 3.63) is 35.8 Å². The van der Waals surface area contributed by atoms with Gasteiger partial charge in [0.25, 0.3) is 0 Å². The molecule has 0 aliphatic heterocycles. The molecule has 0 unspecified atom stereocenters. The van der Waals surface area contributed by atoms with Gasteiger partial charge in [0.15, 0.2) is 0 Å². The second-order valence-corrected chi connectivity index (χ2v) is 3.20. The number of fused-ring (bicyclic) bond motifs is 1. The van der Waals surface area contributed by atoms with Gasteiger partial charge < -0.3 is 9.51 Å². The predicted octanol–water partition coefficient (Wildman–Crippen LogP) is 1.27. The highest BCUT2D eigenvalue weighted by Gasteiger charge is 2.05. The summed E-state index contributed by atoms with van der Waals surface area (Å²) < 4.78 is 1.81. The van der Waals surface area contributed by atoms with Crippen LogP contribution in [0.25, 0.3) is 5.65 Å². The second-order valence-electron chi connectivity index (χ2n) is 3.20. The van der Waals surface area contributed by atoms with Crippen LogP contribution in [-0.2, 0) is 11.2 Å². The lowest BCUT2D eigenvalue weighted by Gasteiger charge is -2.00. The van der Waals surface area contributed by atoms with Crippen molar-refractivity contribution in [1.29, 1.82) is 0 Å². The smallest absolute Gasteiger partial charge is 0.309 e. The molecule has 72 valence electrons. The molecular weight excluding hydrogens is 180 g/mol. The number of carbonyl (C=O) groups is 1.